The molecular weight excluding hydrogens is 238 g/mol. The summed E-state index contributed by atoms with van der Waals surface area (Å²) in [6.07, 6.45) is 0. The maximum atomic E-state index is 10.6. The van der Waals surface area contributed by atoms with Gasteiger partial charge >= 0.3 is 5.69 Å². The Labute approximate surface area is 83.8 Å². The van der Waals surface area contributed by atoms with Crippen LogP contribution in [0.4, 0.5) is 5.69 Å². The van der Waals surface area contributed by atoms with Crippen LogP contribution >= 0.6 is 15.9 Å². The van der Waals surface area contributed by atoms with Crippen LogP contribution in [0.3, 0.4) is 0 Å². The molecule has 0 aliphatic rings. The predicted molar refractivity (Wildman–Crippen MR) is 52.0 cm³/mol. The van der Waals surface area contributed by atoms with Crippen LogP contribution in [0.1, 0.15) is 6.92 Å². The van der Waals surface area contributed by atoms with Crippen LogP contribution in [-0.4, -0.2) is 11.5 Å². The van der Waals surface area contributed by atoms with Gasteiger partial charge in [0.2, 0.25) is 5.75 Å². The molecule has 0 aliphatic carbocycles. The average molecular weight is 246 g/mol. The minimum Gasteiger partial charge on any atom is -0.486 e. The highest BCUT2D eigenvalue weighted by Gasteiger charge is 2.16. The molecule has 1 aromatic carbocycles. The number of halogens is 1. The molecule has 4 nitrogen and oxygen atoms in total. The normalized spacial score (nSPS) is 9.69. The molecule has 0 heterocycles. The number of hydrogen-bond acceptors (Lipinski definition) is 3. The van der Waals surface area contributed by atoms with E-state index in [4.69, 9.17) is 4.74 Å². The number of hydrogen-bond donors (Lipinski definition) is 0. The van der Waals surface area contributed by atoms with E-state index >= 15 is 0 Å². The molecule has 0 unspecified atom stereocenters. The van der Waals surface area contributed by atoms with Crippen LogP contribution < -0.4 is 4.74 Å². The number of nitrogens with zero attached hydrogens (tertiary/aromatic N) is 1. The van der Waals surface area contributed by atoms with Gasteiger partial charge in [-0.1, -0.05) is 6.07 Å². The van der Waals surface area contributed by atoms with E-state index in [1.807, 2.05) is 0 Å². The lowest BCUT2D eigenvalue weighted by Crippen LogP contribution is -1.97. The highest BCUT2D eigenvalue weighted by Crippen LogP contribution is 2.34. The van der Waals surface area contributed by atoms with Gasteiger partial charge in [-0.15, -0.1) is 0 Å². The van der Waals surface area contributed by atoms with E-state index < -0.39 is 4.92 Å². The van der Waals surface area contributed by atoms with Gasteiger partial charge in [-0.25, -0.2) is 0 Å². The van der Waals surface area contributed by atoms with Gasteiger partial charge in [-0.05, 0) is 28.9 Å². The molecule has 0 aromatic heterocycles. The summed E-state index contributed by atoms with van der Waals surface area (Å²) < 4.78 is 5.74. The van der Waals surface area contributed by atoms with E-state index in [1.54, 1.807) is 19.1 Å². The summed E-state index contributed by atoms with van der Waals surface area (Å²) in [5.41, 5.74) is -0.0174. The fourth-order valence-electron chi connectivity index (χ4n) is 0.928. The first-order valence-electron chi connectivity index (χ1n) is 3.72. The van der Waals surface area contributed by atoms with Gasteiger partial charge in [0.15, 0.2) is 0 Å². The molecular formula is C8H8BrNO3. The highest BCUT2D eigenvalue weighted by molar-refractivity contribution is 9.10. The van der Waals surface area contributed by atoms with Crippen LogP contribution in [0.15, 0.2) is 22.7 Å². The van der Waals surface area contributed by atoms with Crippen molar-refractivity contribution in [1.82, 2.24) is 0 Å². The molecule has 0 N–H and O–H groups in total. The third-order valence-corrected chi connectivity index (χ3v) is 2.06. The second-order valence-corrected chi connectivity index (χ2v) is 3.13. The summed E-state index contributed by atoms with van der Waals surface area (Å²) in [5.74, 6) is 0.287. The third kappa shape index (κ3) is 2.18. The summed E-state index contributed by atoms with van der Waals surface area (Å²) in [6, 6.07) is 4.72. The molecule has 70 valence electrons. The summed E-state index contributed by atoms with van der Waals surface area (Å²) >= 11 is 3.19. The number of benzene rings is 1. The lowest BCUT2D eigenvalue weighted by atomic mass is 10.3. The first-order valence-corrected chi connectivity index (χ1v) is 4.51. The molecule has 0 radical (unpaired) electrons. The van der Waals surface area contributed by atoms with E-state index in [0.717, 1.165) is 0 Å². The van der Waals surface area contributed by atoms with Gasteiger partial charge in [0.05, 0.1) is 16.0 Å². The summed E-state index contributed by atoms with van der Waals surface area (Å²) in [5, 5.41) is 10.6. The van der Waals surface area contributed by atoms with Gasteiger partial charge in [-0.3, -0.25) is 10.1 Å². The molecule has 5 heteroatoms. The first-order chi connectivity index (χ1) is 6.16. The first kappa shape index (κ1) is 9.98. The molecule has 0 bridgehead atoms. The Morgan fingerprint density at radius 2 is 2.31 bits per heavy atom. The van der Waals surface area contributed by atoms with E-state index in [0.29, 0.717) is 11.1 Å². The van der Waals surface area contributed by atoms with Crippen molar-refractivity contribution in [3.8, 4) is 5.75 Å². The standard InChI is InChI=1S/C8H8BrNO3/c1-2-13-8-6(9)4-3-5-7(8)10(11)12/h3-5H,2H2,1H3. The second-order valence-electron chi connectivity index (χ2n) is 2.28. The SMILES string of the molecule is CCOc1c(Br)cccc1[N+](=O)[O-]. The van der Waals surface area contributed by atoms with E-state index in [1.165, 1.54) is 6.07 Å². The molecule has 1 rings (SSSR count). The minimum atomic E-state index is -0.463. The van der Waals surface area contributed by atoms with E-state index in [2.05, 4.69) is 15.9 Å². The Bertz CT molecular complexity index is 327. The Morgan fingerprint density at radius 3 is 2.85 bits per heavy atom. The zero-order chi connectivity index (χ0) is 9.84. The number of nitro benzene ring substituents is 1. The molecule has 0 saturated carbocycles. The number of rotatable bonds is 3. The van der Waals surface area contributed by atoms with Crippen LogP contribution in [-0.2, 0) is 0 Å². The zero-order valence-electron chi connectivity index (χ0n) is 6.99. The van der Waals surface area contributed by atoms with Gasteiger partial charge in [-0.2, -0.15) is 0 Å². The number of para-hydroxylation sites is 1. The number of ether oxygens (including phenoxy) is 1. The molecule has 0 spiro atoms. The predicted octanol–water partition coefficient (Wildman–Crippen LogP) is 2.76. The van der Waals surface area contributed by atoms with Crippen molar-refractivity contribution in [3.05, 3.63) is 32.8 Å². The third-order valence-electron chi connectivity index (χ3n) is 1.43. The van der Waals surface area contributed by atoms with Gasteiger partial charge in [0, 0.05) is 6.07 Å². The van der Waals surface area contributed by atoms with Crippen molar-refractivity contribution in [2.24, 2.45) is 0 Å². The molecule has 13 heavy (non-hydrogen) atoms. The fraction of sp³-hybridized carbons (Fsp3) is 0.250. The second kappa shape index (κ2) is 4.23. The fourth-order valence-corrected chi connectivity index (χ4v) is 1.40. The molecule has 0 atom stereocenters. The minimum absolute atomic E-state index is 0.0174. The Kier molecular flexibility index (Phi) is 3.25. The van der Waals surface area contributed by atoms with Crippen molar-refractivity contribution in [1.29, 1.82) is 0 Å². The van der Waals surface area contributed by atoms with Crippen molar-refractivity contribution in [3.63, 3.8) is 0 Å². The van der Waals surface area contributed by atoms with E-state index in [-0.39, 0.29) is 11.4 Å². The van der Waals surface area contributed by atoms with Gasteiger partial charge in [0.25, 0.3) is 0 Å². The van der Waals surface area contributed by atoms with Crippen LogP contribution in [0.5, 0.6) is 5.75 Å². The number of nitro groups is 1. The Hall–Kier alpha value is -1.10. The topological polar surface area (TPSA) is 52.4 Å². The van der Waals surface area contributed by atoms with Crippen molar-refractivity contribution in [2.75, 3.05) is 6.61 Å². The van der Waals surface area contributed by atoms with Crippen molar-refractivity contribution >= 4 is 21.6 Å². The maximum absolute atomic E-state index is 10.6. The molecule has 1 aromatic rings. The van der Waals surface area contributed by atoms with Gasteiger partial charge < -0.3 is 4.74 Å². The molecule has 0 aliphatic heterocycles. The zero-order valence-corrected chi connectivity index (χ0v) is 8.58. The Morgan fingerprint density at radius 1 is 1.62 bits per heavy atom. The van der Waals surface area contributed by atoms with E-state index in [9.17, 15) is 10.1 Å². The van der Waals surface area contributed by atoms with Crippen molar-refractivity contribution < 1.29 is 9.66 Å². The largest absolute Gasteiger partial charge is 0.486 e. The monoisotopic (exact) mass is 245 g/mol. The maximum Gasteiger partial charge on any atom is 0.312 e. The van der Waals surface area contributed by atoms with Crippen LogP contribution in [0.2, 0.25) is 0 Å². The summed E-state index contributed by atoms with van der Waals surface area (Å²) in [7, 11) is 0. The average Bonchev–Trinajstić information content (AvgIpc) is 2.08. The lowest BCUT2D eigenvalue weighted by Gasteiger charge is -2.05. The van der Waals surface area contributed by atoms with Gasteiger partial charge in [0.1, 0.15) is 0 Å². The molecule has 0 saturated heterocycles. The quantitative estimate of drug-likeness (QED) is 0.608. The summed E-state index contributed by atoms with van der Waals surface area (Å²) in [6.45, 7) is 2.19. The molecule has 0 fully saturated rings. The van der Waals surface area contributed by atoms with Crippen molar-refractivity contribution in [2.45, 2.75) is 6.92 Å². The molecule has 0 amide bonds. The van der Waals surface area contributed by atoms with Crippen LogP contribution in [0.25, 0.3) is 0 Å². The lowest BCUT2D eigenvalue weighted by molar-refractivity contribution is -0.385. The summed E-state index contributed by atoms with van der Waals surface area (Å²) in [4.78, 5) is 10.1. The smallest absolute Gasteiger partial charge is 0.312 e. The Balaban J connectivity index is 3.17. The highest BCUT2D eigenvalue weighted by atomic mass is 79.9. The van der Waals surface area contributed by atoms with Crippen LogP contribution in [0, 0.1) is 10.1 Å².